The number of thiophene rings is 1. The number of aliphatic hydroxyl groups is 1. The highest BCUT2D eigenvalue weighted by Gasteiger charge is 2.30. The van der Waals surface area contributed by atoms with E-state index in [4.69, 9.17) is 5.14 Å². The van der Waals surface area contributed by atoms with Gasteiger partial charge in [-0.15, -0.1) is 11.3 Å². The fourth-order valence-electron chi connectivity index (χ4n) is 2.49. The van der Waals surface area contributed by atoms with Gasteiger partial charge in [0.05, 0.1) is 6.10 Å². The van der Waals surface area contributed by atoms with Crippen molar-refractivity contribution in [3.05, 3.63) is 17.0 Å². The summed E-state index contributed by atoms with van der Waals surface area (Å²) < 4.78 is 23.3. The van der Waals surface area contributed by atoms with Gasteiger partial charge >= 0.3 is 0 Å². The largest absolute Gasteiger partial charge is 0.393 e. The molecule has 0 amide bonds. The molecule has 0 bridgehead atoms. The van der Waals surface area contributed by atoms with E-state index in [0.29, 0.717) is 5.56 Å². The highest BCUT2D eigenvalue weighted by Crippen LogP contribution is 2.38. The molecule has 0 aliphatic carbocycles. The molecule has 2 atom stereocenters. The summed E-state index contributed by atoms with van der Waals surface area (Å²) in [5, 5.41) is 16.9. The molecule has 6 heteroatoms. The normalized spacial score (nSPS) is 15.9. The van der Waals surface area contributed by atoms with Crippen molar-refractivity contribution in [1.29, 1.82) is 0 Å². The Morgan fingerprint density at radius 3 is 2.33 bits per heavy atom. The third-order valence-corrected chi connectivity index (χ3v) is 5.81. The predicted molar refractivity (Wildman–Crippen MR) is 74.2 cm³/mol. The van der Waals surface area contributed by atoms with Crippen molar-refractivity contribution in [3.63, 3.8) is 0 Å². The smallest absolute Gasteiger partial charge is 0.247 e. The average molecular weight is 291 g/mol. The van der Waals surface area contributed by atoms with Crippen LogP contribution in [0.2, 0.25) is 0 Å². The summed E-state index contributed by atoms with van der Waals surface area (Å²) in [5.74, 6) is 0.0691. The van der Waals surface area contributed by atoms with Gasteiger partial charge in [-0.25, -0.2) is 13.6 Å². The van der Waals surface area contributed by atoms with Crippen molar-refractivity contribution >= 4 is 21.4 Å². The summed E-state index contributed by atoms with van der Waals surface area (Å²) >= 11 is 1.12. The van der Waals surface area contributed by atoms with Crippen molar-refractivity contribution < 1.29 is 13.5 Å². The van der Waals surface area contributed by atoms with Gasteiger partial charge in [0.1, 0.15) is 4.21 Å². The summed E-state index contributed by atoms with van der Waals surface area (Å²) in [4.78, 5) is 0. The molecule has 0 saturated carbocycles. The van der Waals surface area contributed by atoms with Crippen LogP contribution in [-0.2, 0) is 10.0 Å². The number of hydrogen-bond acceptors (Lipinski definition) is 4. The molecule has 0 radical (unpaired) electrons. The lowest BCUT2D eigenvalue weighted by Gasteiger charge is -2.28. The molecule has 0 aliphatic rings. The molecule has 0 aromatic carbocycles. The minimum absolute atomic E-state index is 0.181. The summed E-state index contributed by atoms with van der Waals surface area (Å²) in [6.45, 7) is 5.80. The third kappa shape index (κ3) is 3.32. The molecule has 1 unspecified atom stereocenters. The Morgan fingerprint density at radius 1 is 1.39 bits per heavy atom. The van der Waals surface area contributed by atoms with E-state index >= 15 is 0 Å². The van der Waals surface area contributed by atoms with Crippen LogP contribution < -0.4 is 5.14 Å². The predicted octanol–water partition coefficient (Wildman–Crippen LogP) is 2.30. The topological polar surface area (TPSA) is 80.4 Å². The molecule has 0 fully saturated rings. The monoisotopic (exact) mass is 291 g/mol. The quantitative estimate of drug-likeness (QED) is 0.844. The van der Waals surface area contributed by atoms with E-state index in [-0.39, 0.29) is 16.0 Å². The van der Waals surface area contributed by atoms with Crippen LogP contribution in [0, 0.1) is 5.92 Å². The lowest BCUT2D eigenvalue weighted by molar-refractivity contribution is 0.127. The van der Waals surface area contributed by atoms with Crippen LogP contribution in [0.4, 0.5) is 0 Å². The standard InChI is InChI=1S/C12H21NO3S2/c1-4-9(5-2)11(8(3)14)10-6-7-17-12(10)18(13,15)16/h6-9,11,14H,4-5H2,1-3H3,(H2,13,15,16)/t8?,11-/m0/s1. The Kier molecular flexibility index (Phi) is 5.33. The van der Waals surface area contributed by atoms with E-state index in [1.165, 1.54) is 0 Å². The zero-order valence-electron chi connectivity index (χ0n) is 11.0. The van der Waals surface area contributed by atoms with Crippen molar-refractivity contribution in [2.24, 2.45) is 11.1 Å². The first-order valence-electron chi connectivity index (χ1n) is 6.11. The highest BCUT2D eigenvalue weighted by molar-refractivity contribution is 7.91. The van der Waals surface area contributed by atoms with Crippen LogP contribution in [0.1, 0.15) is 45.1 Å². The number of nitrogens with two attached hydrogens (primary N) is 1. The highest BCUT2D eigenvalue weighted by atomic mass is 32.2. The second kappa shape index (κ2) is 6.14. The van der Waals surface area contributed by atoms with Gasteiger partial charge in [-0.2, -0.15) is 0 Å². The van der Waals surface area contributed by atoms with Crippen LogP contribution in [0.25, 0.3) is 0 Å². The van der Waals surface area contributed by atoms with E-state index in [1.807, 2.05) is 13.8 Å². The summed E-state index contributed by atoms with van der Waals surface area (Å²) in [5.41, 5.74) is 0.659. The molecule has 0 aliphatic heterocycles. The minimum atomic E-state index is -3.71. The van der Waals surface area contributed by atoms with Crippen molar-refractivity contribution in [2.75, 3.05) is 0 Å². The van der Waals surface area contributed by atoms with Crippen molar-refractivity contribution in [3.8, 4) is 0 Å². The van der Waals surface area contributed by atoms with Gasteiger partial charge in [-0.3, -0.25) is 0 Å². The molecule has 0 spiro atoms. The van der Waals surface area contributed by atoms with Gasteiger partial charge in [0.25, 0.3) is 0 Å². The zero-order chi connectivity index (χ0) is 13.9. The van der Waals surface area contributed by atoms with Gasteiger partial charge in [-0.05, 0) is 29.9 Å². The molecular weight excluding hydrogens is 270 g/mol. The van der Waals surface area contributed by atoms with E-state index in [9.17, 15) is 13.5 Å². The Labute approximate surface area is 113 Å². The third-order valence-electron chi connectivity index (χ3n) is 3.35. The van der Waals surface area contributed by atoms with E-state index in [0.717, 1.165) is 24.2 Å². The van der Waals surface area contributed by atoms with Crippen LogP contribution in [0.15, 0.2) is 15.7 Å². The molecule has 1 rings (SSSR count). The maximum absolute atomic E-state index is 11.5. The van der Waals surface area contributed by atoms with E-state index < -0.39 is 16.1 Å². The first-order chi connectivity index (χ1) is 8.32. The fourth-order valence-corrected chi connectivity index (χ4v) is 4.40. The van der Waals surface area contributed by atoms with Gasteiger partial charge in [-0.1, -0.05) is 26.7 Å². The van der Waals surface area contributed by atoms with Gasteiger partial charge in [0, 0.05) is 5.92 Å². The average Bonchev–Trinajstić information content (AvgIpc) is 2.72. The maximum atomic E-state index is 11.5. The molecular formula is C12H21NO3S2. The lowest BCUT2D eigenvalue weighted by Crippen LogP contribution is -2.25. The van der Waals surface area contributed by atoms with Gasteiger partial charge < -0.3 is 5.11 Å². The first kappa shape index (κ1) is 15.6. The number of rotatable bonds is 6. The maximum Gasteiger partial charge on any atom is 0.247 e. The minimum Gasteiger partial charge on any atom is -0.393 e. The molecule has 1 aromatic heterocycles. The zero-order valence-corrected chi connectivity index (χ0v) is 12.6. The molecule has 4 nitrogen and oxygen atoms in total. The summed E-state index contributed by atoms with van der Waals surface area (Å²) in [6.07, 6.45) is 1.20. The van der Waals surface area contributed by atoms with Gasteiger partial charge in [0.2, 0.25) is 10.0 Å². The molecule has 1 aromatic rings. The van der Waals surface area contributed by atoms with E-state index in [1.54, 1.807) is 18.4 Å². The van der Waals surface area contributed by atoms with Crippen LogP contribution in [0.3, 0.4) is 0 Å². The Bertz CT molecular complexity index is 475. The second-order valence-electron chi connectivity index (χ2n) is 4.55. The van der Waals surface area contributed by atoms with E-state index in [2.05, 4.69) is 0 Å². The first-order valence-corrected chi connectivity index (χ1v) is 8.53. The Balaban J connectivity index is 3.27. The van der Waals surface area contributed by atoms with Crippen LogP contribution in [0.5, 0.6) is 0 Å². The number of aliphatic hydroxyl groups excluding tert-OH is 1. The number of hydrogen-bond donors (Lipinski definition) is 2. The Hall–Kier alpha value is -0.430. The number of sulfonamides is 1. The van der Waals surface area contributed by atoms with Crippen LogP contribution >= 0.6 is 11.3 Å². The molecule has 104 valence electrons. The summed E-state index contributed by atoms with van der Waals surface area (Å²) in [6, 6.07) is 1.76. The van der Waals surface area contributed by atoms with Crippen molar-refractivity contribution in [2.45, 2.75) is 49.8 Å². The molecule has 1 heterocycles. The lowest BCUT2D eigenvalue weighted by atomic mass is 9.80. The van der Waals surface area contributed by atoms with Crippen molar-refractivity contribution in [1.82, 2.24) is 0 Å². The number of primary sulfonamides is 1. The molecule has 0 saturated heterocycles. The fraction of sp³-hybridized carbons (Fsp3) is 0.667. The molecule has 3 N–H and O–H groups in total. The van der Waals surface area contributed by atoms with Crippen LogP contribution in [-0.4, -0.2) is 19.6 Å². The van der Waals surface area contributed by atoms with Gasteiger partial charge in [0.15, 0.2) is 0 Å². The molecule has 18 heavy (non-hydrogen) atoms. The summed E-state index contributed by atoms with van der Waals surface area (Å²) in [7, 11) is -3.71. The Morgan fingerprint density at radius 2 is 1.94 bits per heavy atom. The SMILES string of the molecule is CCC(CC)[C@@H](c1ccsc1S(N)(=O)=O)C(C)O. The second-order valence-corrected chi connectivity index (χ2v) is 7.22.